The lowest BCUT2D eigenvalue weighted by Gasteiger charge is -2.15. The third-order valence-corrected chi connectivity index (χ3v) is 3.22. The van der Waals surface area contributed by atoms with E-state index < -0.39 is 0 Å². The maximum atomic E-state index is 4.19. The van der Waals surface area contributed by atoms with Gasteiger partial charge in [0, 0.05) is 12.3 Å². The average molecular weight is 251 g/mol. The van der Waals surface area contributed by atoms with Crippen LogP contribution in [0.5, 0.6) is 0 Å². The van der Waals surface area contributed by atoms with Crippen LogP contribution in [-0.2, 0) is 0 Å². The lowest BCUT2D eigenvalue weighted by atomic mass is 9.99. The molecule has 0 aromatic heterocycles. The van der Waals surface area contributed by atoms with Crippen LogP contribution >= 0.6 is 15.9 Å². The van der Waals surface area contributed by atoms with Gasteiger partial charge in [0.25, 0.3) is 0 Å². The first kappa shape index (κ1) is 9.59. The van der Waals surface area contributed by atoms with Gasteiger partial charge in [0.2, 0.25) is 0 Å². The van der Waals surface area contributed by atoms with E-state index in [2.05, 4.69) is 45.2 Å². The fourth-order valence-electron chi connectivity index (χ4n) is 1.43. The lowest BCUT2D eigenvalue weighted by molar-refractivity contribution is 0.805. The number of rotatable bonds is 1. The summed E-state index contributed by atoms with van der Waals surface area (Å²) in [5.74, 6) is 0.433. The number of halogens is 1. The molecule has 1 heterocycles. The molecule has 0 fully saturated rings. The second-order valence-electron chi connectivity index (χ2n) is 3.44. The van der Waals surface area contributed by atoms with Gasteiger partial charge in [-0.05, 0) is 21.5 Å². The lowest BCUT2D eigenvalue weighted by Crippen LogP contribution is -2.15. The maximum Gasteiger partial charge on any atom is 0.109 e. The van der Waals surface area contributed by atoms with Crippen LogP contribution in [0.3, 0.4) is 0 Å². The summed E-state index contributed by atoms with van der Waals surface area (Å²) in [6.45, 7) is 2.14. The van der Waals surface area contributed by atoms with E-state index >= 15 is 0 Å². The molecule has 2 nitrogen and oxygen atoms in total. The molecule has 3 heteroatoms. The Kier molecular flexibility index (Phi) is 2.77. The van der Waals surface area contributed by atoms with Crippen LogP contribution in [0.1, 0.15) is 18.9 Å². The minimum atomic E-state index is 0.433. The molecule has 1 aromatic rings. The Morgan fingerprint density at radius 2 is 1.93 bits per heavy atom. The Bertz CT molecular complexity index is 382. The number of benzene rings is 1. The molecule has 2 rings (SSSR count). The van der Waals surface area contributed by atoms with Gasteiger partial charge in [-0.15, -0.1) is 5.10 Å². The zero-order chi connectivity index (χ0) is 9.97. The van der Waals surface area contributed by atoms with Crippen molar-refractivity contribution >= 4 is 26.3 Å². The molecule has 0 N–H and O–H groups in total. The van der Waals surface area contributed by atoms with E-state index in [4.69, 9.17) is 0 Å². The summed E-state index contributed by atoms with van der Waals surface area (Å²) in [5, 5.41) is 8.28. The maximum absolute atomic E-state index is 4.19. The first-order valence-electron chi connectivity index (χ1n) is 4.62. The molecule has 1 aliphatic heterocycles. The van der Waals surface area contributed by atoms with Crippen molar-refractivity contribution < 1.29 is 0 Å². The van der Waals surface area contributed by atoms with E-state index in [0.717, 1.165) is 16.8 Å². The van der Waals surface area contributed by atoms with Crippen molar-refractivity contribution in [1.29, 1.82) is 0 Å². The summed E-state index contributed by atoms with van der Waals surface area (Å²) in [6, 6.07) is 10.2. The van der Waals surface area contributed by atoms with Crippen molar-refractivity contribution in [2.24, 2.45) is 16.1 Å². The highest BCUT2D eigenvalue weighted by Crippen LogP contribution is 2.19. The Labute approximate surface area is 91.9 Å². The molecule has 1 unspecified atom stereocenters. The summed E-state index contributed by atoms with van der Waals surface area (Å²) in [4.78, 5) is 0. The predicted octanol–water partition coefficient (Wildman–Crippen LogP) is 3.22. The van der Waals surface area contributed by atoms with Gasteiger partial charge in [0.1, 0.15) is 4.62 Å². The zero-order valence-electron chi connectivity index (χ0n) is 7.94. The van der Waals surface area contributed by atoms with Gasteiger partial charge in [-0.25, -0.2) is 0 Å². The van der Waals surface area contributed by atoms with Crippen molar-refractivity contribution in [2.75, 3.05) is 0 Å². The molecule has 1 aromatic carbocycles. The van der Waals surface area contributed by atoms with E-state index in [1.165, 1.54) is 5.56 Å². The molecule has 0 spiro atoms. The Morgan fingerprint density at radius 1 is 1.21 bits per heavy atom. The third kappa shape index (κ3) is 1.93. The van der Waals surface area contributed by atoms with E-state index in [-0.39, 0.29) is 0 Å². The van der Waals surface area contributed by atoms with Gasteiger partial charge >= 0.3 is 0 Å². The predicted molar refractivity (Wildman–Crippen MR) is 63.1 cm³/mol. The number of hydrogen-bond acceptors (Lipinski definition) is 2. The highest BCUT2D eigenvalue weighted by Gasteiger charge is 2.16. The standard InChI is InChI=1S/C11H11BrN2/c1-8-7-10(13-14-11(8)12)9-5-3-2-4-6-9/h2-6,8H,7H2,1H3. The van der Waals surface area contributed by atoms with E-state index in [1.54, 1.807) is 0 Å². The van der Waals surface area contributed by atoms with Crippen LogP contribution < -0.4 is 0 Å². The van der Waals surface area contributed by atoms with Gasteiger partial charge < -0.3 is 0 Å². The summed E-state index contributed by atoms with van der Waals surface area (Å²) >= 11 is 3.40. The highest BCUT2D eigenvalue weighted by molar-refractivity contribution is 9.18. The van der Waals surface area contributed by atoms with Crippen LogP contribution in [0, 0.1) is 5.92 Å². The van der Waals surface area contributed by atoms with Gasteiger partial charge in [-0.3, -0.25) is 0 Å². The van der Waals surface area contributed by atoms with Gasteiger partial charge in [-0.1, -0.05) is 37.3 Å². The zero-order valence-corrected chi connectivity index (χ0v) is 9.53. The van der Waals surface area contributed by atoms with Crippen molar-refractivity contribution in [3.8, 4) is 0 Å². The van der Waals surface area contributed by atoms with Gasteiger partial charge in [-0.2, -0.15) is 5.10 Å². The summed E-state index contributed by atoms with van der Waals surface area (Å²) < 4.78 is 0.942. The fourth-order valence-corrected chi connectivity index (χ4v) is 1.67. The smallest absolute Gasteiger partial charge is 0.109 e. The molecular weight excluding hydrogens is 240 g/mol. The largest absolute Gasteiger partial charge is 0.154 e. The SMILES string of the molecule is CC1CC(c2ccccc2)=NN=C1Br. The highest BCUT2D eigenvalue weighted by atomic mass is 79.9. The first-order chi connectivity index (χ1) is 6.77. The Morgan fingerprint density at radius 3 is 2.57 bits per heavy atom. The van der Waals surface area contributed by atoms with Crippen molar-refractivity contribution in [2.45, 2.75) is 13.3 Å². The minimum Gasteiger partial charge on any atom is -0.154 e. The molecule has 72 valence electrons. The molecule has 0 radical (unpaired) electrons. The molecule has 1 aliphatic rings. The van der Waals surface area contributed by atoms with E-state index in [0.29, 0.717) is 5.92 Å². The normalized spacial score (nSPS) is 21.4. The van der Waals surface area contributed by atoms with Crippen LogP contribution in [0.4, 0.5) is 0 Å². The van der Waals surface area contributed by atoms with Crippen LogP contribution in [0.25, 0.3) is 0 Å². The van der Waals surface area contributed by atoms with Crippen molar-refractivity contribution in [3.05, 3.63) is 35.9 Å². The summed E-state index contributed by atoms with van der Waals surface area (Å²) in [5.41, 5.74) is 2.24. The molecule has 14 heavy (non-hydrogen) atoms. The Balaban J connectivity index is 2.30. The second-order valence-corrected chi connectivity index (χ2v) is 4.25. The van der Waals surface area contributed by atoms with Crippen molar-refractivity contribution in [1.82, 2.24) is 0 Å². The van der Waals surface area contributed by atoms with Crippen LogP contribution in [-0.4, -0.2) is 10.3 Å². The molecule has 1 atom stereocenters. The second kappa shape index (κ2) is 4.05. The number of hydrogen-bond donors (Lipinski definition) is 0. The third-order valence-electron chi connectivity index (χ3n) is 2.28. The van der Waals surface area contributed by atoms with Crippen molar-refractivity contribution in [3.63, 3.8) is 0 Å². The summed E-state index contributed by atoms with van der Waals surface area (Å²) in [7, 11) is 0. The quantitative estimate of drug-likeness (QED) is 0.732. The van der Waals surface area contributed by atoms with Gasteiger partial charge in [0.05, 0.1) is 5.71 Å². The van der Waals surface area contributed by atoms with Crippen LogP contribution in [0.2, 0.25) is 0 Å². The van der Waals surface area contributed by atoms with Gasteiger partial charge in [0.15, 0.2) is 0 Å². The first-order valence-corrected chi connectivity index (χ1v) is 5.42. The topological polar surface area (TPSA) is 24.7 Å². The minimum absolute atomic E-state index is 0.433. The molecule has 0 aliphatic carbocycles. The van der Waals surface area contributed by atoms with Crippen LogP contribution in [0.15, 0.2) is 40.5 Å². The Hall–Kier alpha value is -0.960. The molecular formula is C11H11BrN2. The fraction of sp³-hybridized carbons (Fsp3) is 0.273. The summed E-state index contributed by atoms with van der Waals surface area (Å²) in [6.07, 6.45) is 0.952. The monoisotopic (exact) mass is 250 g/mol. The number of nitrogens with zero attached hydrogens (tertiary/aromatic N) is 2. The molecule has 0 saturated carbocycles. The molecule has 0 amide bonds. The van der Waals surface area contributed by atoms with E-state index in [9.17, 15) is 0 Å². The van der Waals surface area contributed by atoms with E-state index in [1.807, 2.05) is 18.2 Å². The molecule has 0 bridgehead atoms. The molecule has 0 saturated heterocycles. The average Bonchev–Trinajstić information content (AvgIpc) is 2.23.